The maximum absolute atomic E-state index is 10.7. The summed E-state index contributed by atoms with van der Waals surface area (Å²) in [5.74, 6) is -0.912. The van der Waals surface area contributed by atoms with Gasteiger partial charge in [0.25, 0.3) is 0 Å². The van der Waals surface area contributed by atoms with Gasteiger partial charge in [0.15, 0.2) is 6.10 Å². The van der Waals surface area contributed by atoms with Gasteiger partial charge in [-0.3, -0.25) is 4.79 Å². The molecular weight excluding hydrogens is 194 g/mol. The second-order valence-electron chi connectivity index (χ2n) is 3.82. The van der Waals surface area contributed by atoms with E-state index in [1.54, 1.807) is 6.07 Å². The molecule has 0 saturated heterocycles. The predicted molar refractivity (Wildman–Crippen MR) is 54.0 cm³/mol. The number of rotatable bonds is 3. The third-order valence-corrected chi connectivity index (χ3v) is 2.83. The van der Waals surface area contributed by atoms with Gasteiger partial charge in [-0.05, 0) is 29.5 Å². The zero-order chi connectivity index (χ0) is 11.0. The van der Waals surface area contributed by atoms with Crippen molar-refractivity contribution in [2.75, 3.05) is 0 Å². The van der Waals surface area contributed by atoms with Crippen LogP contribution in [0.15, 0.2) is 18.2 Å². The van der Waals surface area contributed by atoms with Gasteiger partial charge in [0.05, 0.1) is 0 Å². The molecule has 15 heavy (non-hydrogen) atoms. The minimum Gasteiger partial charge on any atom is -0.385 e. The first kappa shape index (κ1) is 10.1. The molecule has 0 spiro atoms. The summed E-state index contributed by atoms with van der Waals surface area (Å²) in [5.41, 5.74) is 7.88. The molecule has 0 bridgehead atoms. The third-order valence-electron chi connectivity index (χ3n) is 2.83. The monoisotopic (exact) mass is 207 g/mol. The topological polar surface area (TPSA) is 83.6 Å². The average Bonchev–Trinajstić information content (AvgIpc) is 2.17. The fourth-order valence-corrected chi connectivity index (χ4v) is 1.74. The standard InChI is InChI=1S/C11H13NO3/c12-11(15)10(14)9(13)8-4-2-6-1-3-7(6)5-8/h2,4-5,9-10,13-14H,1,3H2,(H2,12,15). The van der Waals surface area contributed by atoms with Crippen LogP contribution >= 0.6 is 0 Å². The molecule has 4 heteroatoms. The van der Waals surface area contributed by atoms with Crippen molar-refractivity contribution in [1.29, 1.82) is 0 Å². The van der Waals surface area contributed by atoms with Gasteiger partial charge in [-0.2, -0.15) is 0 Å². The molecule has 2 rings (SSSR count). The Balaban J connectivity index is 2.22. The summed E-state index contributed by atoms with van der Waals surface area (Å²) in [4.78, 5) is 10.7. The molecule has 1 aromatic rings. The van der Waals surface area contributed by atoms with Crippen LogP contribution in [0, 0.1) is 0 Å². The van der Waals surface area contributed by atoms with Crippen LogP contribution in [0.25, 0.3) is 0 Å². The summed E-state index contributed by atoms with van der Waals surface area (Å²) in [5, 5.41) is 19.0. The summed E-state index contributed by atoms with van der Waals surface area (Å²) in [7, 11) is 0. The first-order valence-corrected chi connectivity index (χ1v) is 4.87. The highest BCUT2D eigenvalue weighted by molar-refractivity contribution is 5.79. The van der Waals surface area contributed by atoms with Crippen LogP contribution in [-0.2, 0) is 17.6 Å². The van der Waals surface area contributed by atoms with E-state index < -0.39 is 18.1 Å². The lowest BCUT2D eigenvalue weighted by Crippen LogP contribution is -2.34. The number of aryl methyl sites for hydroxylation is 2. The molecule has 1 aliphatic rings. The van der Waals surface area contributed by atoms with Crippen LogP contribution in [0.2, 0.25) is 0 Å². The van der Waals surface area contributed by atoms with Crippen molar-refractivity contribution in [3.05, 3.63) is 34.9 Å². The summed E-state index contributed by atoms with van der Waals surface area (Å²) >= 11 is 0. The molecule has 1 amide bonds. The van der Waals surface area contributed by atoms with Gasteiger partial charge in [0, 0.05) is 0 Å². The first-order chi connectivity index (χ1) is 7.09. The molecular formula is C11H13NO3. The van der Waals surface area contributed by atoms with E-state index in [1.807, 2.05) is 12.1 Å². The lowest BCUT2D eigenvalue weighted by Gasteiger charge is -2.22. The van der Waals surface area contributed by atoms with Crippen LogP contribution in [0.1, 0.15) is 22.8 Å². The fraction of sp³-hybridized carbons (Fsp3) is 0.364. The maximum Gasteiger partial charge on any atom is 0.249 e. The molecule has 2 atom stereocenters. The smallest absolute Gasteiger partial charge is 0.249 e. The number of hydrogen-bond acceptors (Lipinski definition) is 3. The van der Waals surface area contributed by atoms with Crippen molar-refractivity contribution in [3.8, 4) is 0 Å². The normalized spacial score (nSPS) is 17.5. The van der Waals surface area contributed by atoms with Crippen molar-refractivity contribution in [3.63, 3.8) is 0 Å². The molecule has 0 saturated carbocycles. The van der Waals surface area contributed by atoms with Gasteiger partial charge in [0.1, 0.15) is 6.10 Å². The maximum atomic E-state index is 10.7. The first-order valence-electron chi connectivity index (χ1n) is 4.87. The molecule has 0 aliphatic heterocycles. The van der Waals surface area contributed by atoms with Gasteiger partial charge >= 0.3 is 0 Å². The summed E-state index contributed by atoms with van der Waals surface area (Å²) in [6.07, 6.45) is -0.719. The van der Waals surface area contributed by atoms with Crippen molar-refractivity contribution >= 4 is 5.91 Å². The van der Waals surface area contributed by atoms with Crippen LogP contribution in [0.4, 0.5) is 0 Å². The van der Waals surface area contributed by atoms with Gasteiger partial charge in [-0.1, -0.05) is 18.2 Å². The Kier molecular flexibility index (Phi) is 2.46. The lowest BCUT2D eigenvalue weighted by atomic mass is 9.86. The second-order valence-corrected chi connectivity index (χ2v) is 3.82. The highest BCUT2D eigenvalue weighted by Crippen LogP contribution is 2.27. The number of benzene rings is 1. The summed E-state index contributed by atoms with van der Waals surface area (Å²) < 4.78 is 0. The number of nitrogens with two attached hydrogens (primary N) is 1. The zero-order valence-corrected chi connectivity index (χ0v) is 8.18. The molecule has 2 unspecified atom stereocenters. The Morgan fingerprint density at radius 1 is 1.27 bits per heavy atom. The molecule has 0 heterocycles. The SMILES string of the molecule is NC(=O)C(O)C(O)c1ccc2c(c1)CC2. The van der Waals surface area contributed by atoms with Gasteiger partial charge in [-0.25, -0.2) is 0 Å². The van der Waals surface area contributed by atoms with Crippen molar-refractivity contribution in [2.45, 2.75) is 25.0 Å². The Bertz CT molecular complexity index is 403. The Morgan fingerprint density at radius 3 is 2.40 bits per heavy atom. The molecule has 1 aliphatic carbocycles. The molecule has 4 nitrogen and oxygen atoms in total. The summed E-state index contributed by atoms with van der Waals surface area (Å²) in [6.45, 7) is 0. The fourth-order valence-electron chi connectivity index (χ4n) is 1.74. The van der Waals surface area contributed by atoms with Crippen LogP contribution in [0.5, 0.6) is 0 Å². The molecule has 0 radical (unpaired) electrons. The largest absolute Gasteiger partial charge is 0.385 e. The number of primary amides is 1. The van der Waals surface area contributed by atoms with Crippen LogP contribution in [0.3, 0.4) is 0 Å². The van der Waals surface area contributed by atoms with Crippen LogP contribution in [-0.4, -0.2) is 22.2 Å². The number of aliphatic hydroxyl groups excluding tert-OH is 2. The minimum atomic E-state index is -1.54. The van der Waals surface area contributed by atoms with Gasteiger partial charge in [-0.15, -0.1) is 0 Å². The highest BCUT2D eigenvalue weighted by Gasteiger charge is 2.24. The van der Waals surface area contributed by atoms with E-state index in [-0.39, 0.29) is 0 Å². The van der Waals surface area contributed by atoms with Crippen molar-refractivity contribution in [2.24, 2.45) is 5.73 Å². The van der Waals surface area contributed by atoms with E-state index in [0.717, 1.165) is 12.8 Å². The van der Waals surface area contributed by atoms with E-state index in [2.05, 4.69) is 0 Å². The number of aliphatic hydroxyl groups is 2. The highest BCUT2D eigenvalue weighted by atomic mass is 16.3. The lowest BCUT2D eigenvalue weighted by molar-refractivity contribution is -0.131. The van der Waals surface area contributed by atoms with E-state index in [0.29, 0.717) is 5.56 Å². The number of fused-ring (bicyclic) bond motifs is 1. The average molecular weight is 207 g/mol. The Hall–Kier alpha value is -1.39. The molecule has 1 aromatic carbocycles. The number of carbonyl (C=O) groups is 1. The van der Waals surface area contributed by atoms with E-state index in [4.69, 9.17) is 5.73 Å². The second kappa shape index (κ2) is 3.64. The van der Waals surface area contributed by atoms with Gasteiger partial charge in [0.2, 0.25) is 5.91 Å². The molecule has 4 N–H and O–H groups in total. The van der Waals surface area contributed by atoms with E-state index in [9.17, 15) is 15.0 Å². The molecule has 0 aromatic heterocycles. The van der Waals surface area contributed by atoms with E-state index >= 15 is 0 Å². The van der Waals surface area contributed by atoms with Crippen LogP contribution < -0.4 is 5.73 Å². The molecule has 0 fully saturated rings. The van der Waals surface area contributed by atoms with Gasteiger partial charge < -0.3 is 15.9 Å². The molecule has 80 valence electrons. The predicted octanol–water partition coefficient (Wildman–Crippen LogP) is -0.335. The third kappa shape index (κ3) is 1.73. The quantitative estimate of drug-likeness (QED) is 0.634. The van der Waals surface area contributed by atoms with Crippen molar-refractivity contribution in [1.82, 2.24) is 0 Å². The Morgan fingerprint density at radius 2 is 1.93 bits per heavy atom. The minimum absolute atomic E-state index is 0.541. The van der Waals surface area contributed by atoms with E-state index in [1.165, 1.54) is 11.1 Å². The number of hydrogen-bond donors (Lipinski definition) is 3. The number of amides is 1. The number of carbonyl (C=O) groups excluding carboxylic acids is 1. The zero-order valence-electron chi connectivity index (χ0n) is 8.18. The van der Waals surface area contributed by atoms with Crippen molar-refractivity contribution < 1.29 is 15.0 Å². The Labute approximate surface area is 87.3 Å². The summed E-state index contributed by atoms with van der Waals surface area (Å²) in [6, 6.07) is 5.44.